The molecule has 2 aromatic rings. The van der Waals surface area contributed by atoms with Gasteiger partial charge in [0.2, 0.25) is 0 Å². The average molecular weight is 372 g/mol. The van der Waals surface area contributed by atoms with Crippen molar-refractivity contribution in [2.75, 3.05) is 19.7 Å². The summed E-state index contributed by atoms with van der Waals surface area (Å²) < 4.78 is 9.98. The van der Waals surface area contributed by atoms with Crippen molar-refractivity contribution in [3.63, 3.8) is 0 Å². The Hall–Kier alpha value is -2.64. The first-order chi connectivity index (χ1) is 13.0. The number of hydrogen-bond acceptors (Lipinski definition) is 6. The minimum Gasteiger partial charge on any atom is -0.447 e. The molecule has 1 aromatic carbocycles. The molecule has 8 heteroatoms. The third-order valence-corrected chi connectivity index (χ3v) is 5.39. The van der Waals surface area contributed by atoms with Crippen molar-refractivity contribution in [3.8, 4) is 0 Å². The lowest BCUT2D eigenvalue weighted by Crippen LogP contribution is -2.50. The molecular formula is C19H24N4O4. The van der Waals surface area contributed by atoms with Gasteiger partial charge in [-0.1, -0.05) is 13.8 Å². The summed E-state index contributed by atoms with van der Waals surface area (Å²) in [5.74, 6) is 0.482. The average Bonchev–Trinajstić information content (AvgIpc) is 3.27. The van der Waals surface area contributed by atoms with Crippen molar-refractivity contribution < 1.29 is 19.0 Å². The number of likely N-dealkylation sites (tertiary alicyclic amines) is 1. The van der Waals surface area contributed by atoms with Gasteiger partial charge in [-0.05, 0) is 53.7 Å². The van der Waals surface area contributed by atoms with Crippen LogP contribution in [0.5, 0.6) is 0 Å². The highest BCUT2D eigenvalue weighted by Crippen LogP contribution is 2.27. The number of piperidine rings is 1. The first-order valence-corrected chi connectivity index (χ1v) is 9.49. The molecule has 0 radical (unpaired) electrons. The molecule has 8 nitrogen and oxygen atoms in total. The lowest BCUT2D eigenvalue weighted by atomic mass is 9.97. The van der Waals surface area contributed by atoms with Gasteiger partial charge < -0.3 is 9.64 Å². The van der Waals surface area contributed by atoms with E-state index in [1.165, 1.54) is 0 Å². The smallest absolute Gasteiger partial charge is 0.410 e. The van der Waals surface area contributed by atoms with Crippen molar-refractivity contribution in [1.82, 2.24) is 20.1 Å². The molecule has 0 spiro atoms. The van der Waals surface area contributed by atoms with Crippen LogP contribution in [0.2, 0.25) is 0 Å². The molecule has 27 heavy (non-hydrogen) atoms. The third kappa shape index (κ3) is 3.48. The number of benzene rings is 1. The van der Waals surface area contributed by atoms with Gasteiger partial charge in [0, 0.05) is 24.7 Å². The van der Waals surface area contributed by atoms with E-state index in [2.05, 4.69) is 28.8 Å². The quantitative estimate of drug-likeness (QED) is 0.820. The number of hydrogen-bond donors (Lipinski definition) is 0. The van der Waals surface area contributed by atoms with E-state index in [-0.39, 0.29) is 24.1 Å². The molecule has 0 saturated carbocycles. The van der Waals surface area contributed by atoms with Gasteiger partial charge in [-0.25, -0.2) is 9.42 Å². The first kappa shape index (κ1) is 17.8. The summed E-state index contributed by atoms with van der Waals surface area (Å²) in [5.41, 5.74) is 1.79. The van der Waals surface area contributed by atoms with Crippen LogP contribution in [0.15, 0.2) is 22.8 Å². The van der Waals surface area contributed by atoms with E-state index in [1.807, 2.05) is 9.80 Å². The van der Waals surface area contributed by atoms with Gasteiger partial charge in [0.05, 0.1) is 6.04 Å². The summed E-state index contributed by atoms with van der Waals surface area (Å²) >= 11 is 0. The largest absolute Gasteiger partial charge is 0.447 e. The van der Waals surface area contributed by atoms with Gasteiger partial charge in [-0.3, -0.25) is 9.69 Å². The summed E-state index contributed by atoms with van der Waals surface area (Å²) in [5, 5.41) is 7.56. The number of nitrogens with zero attached hydrogens (tertiary/aromatic N) is 4. The molecule has 2 fully saturated rings. The molecule has 1 aromatic heterocycles. The molecule has 4 rings (SSSR count). The fourth-order valence-corrected chi connectivity index (χ4v) is 4.09. The van der Waals surface area contributed by atoms with Gasteiger partial charge in [0.25, 0.3) is 5.91 Å². The van der Waals surface area contributed by atoms with Gasteiger partial charge in [0.15, 0.2) is 0 Å². The van der Waals surface area contributed by atoms with E-state index in [0.29, 0.717) is 42.2 Å². The second-order valence-corrected chi connectivity index (χ2v) is 7.76. The van der Waals surface area contributed by atoms with E-state index >= 15 is 0 Å². The summed E-state index contributed by atoms with van der Waals surface area (Å²) in [7, 11) is 0. The van der Waals surface area contributed by atoms with E-state index in [0.717, 1.165) is 19.3 Å². The topological polar surface area (TPSA) is 88.8 Å². The molecule has 1 atom stereocenters. The maximum atomic E-state index is 12.8. The van der Waals surface area contributed by atoms with Gasteiger partial charge in [-0.15, -0.1) is 0 Å². The van der Waals surface area contributed by atoms with Crippen molar-refractivity contribution in [2.24, 2.45) is 5.92 Å². The lowest BCUT2D eigenvalue weighted by molar-refractivity contribution is 0.0630. The Bertz CT molecular complexity index is 841. The summed E-state index contributed by atoms with van der Waals surface area (Å²) in [6.45, 7) is 6.03. The number of amides is 2. The van der Waals surface area contributed by atoms with Crippen molar-refractivity contribution in [2.45, 2.75) is 45.2 Å². The number of carbonyl (C=O) groups excluding carboxylic acids is 2. The second kappa shape index (κ2) is 7.17. The maximum absolute atomic E-state index is 12.8. The van der Waals surface area contributed by atoms with Crippen LogP contribution in [0.25, 0.3) is 11.0 Å². The molecule has 144 valence electrons. The Labute approximate surface area is 157 Å². The summed E-state index contributed by atoms with van der Waals surface area (Å²) in [6, 6.07) is 5.47. The summed E-state index contributed by atoms with van der Waals surface area (Å²) in [6.07, 6.45) is 2.26. The molecule has 0 N–H and O–H groups in total. The van der Waals surface area contributed by atoms with Crippen LogP contribution in [0.1, 0.15) is 43.5 Å². The maximum Gasteiger partial charge on any atom is 0.410 e. The Kier molecular flexibility index (Phi) is 4.72. The van der Waals surface area contributed by atoms with Crippen molar-refractivity contribution in [1.29, 1.82) is 0 Å². The number of ether oxygens (including phenoxy) is 1. The highest BCUT2D eigenvalue weighted by molar-refractivity contribution is 5.97. The Balaban J connectivity index is 1.40. The van der Waals surface area contributed by atoms with Gasteiger partial charge in [-0.2, -0.15) is 0 Å². The predicted octanol–water partition coefficient (Wildman–Crippen LogP) is 2.69. The minimum absolute atomic E-state index is 0.0268. The van der Waals surface area contributed by atoms with Crippen LogP contribution in [0.4, 0.5) is 4.79 Å². The normalized spacial score (nSPS) is 21.3. The number of cyclic esters (lactones) is 1. The molecular weight excluding hydrogens is 348 g/mol. The SMILES string of the molecule is CC(C)CC1COC(=O)N1C1CCN(C(=O)c2ccc3nonc3c2)CC1. The van der Waals surface area contributed by atoms with Crippen LogP contribution in [0.3, 0.4) is 0 Å². The van der Waals surface area contributed by atoms with Gasteiger partial charge in [0.1, 0.15) is 17.6 Å². The first-order valence-electron chi connectivity index (χ1n) is 9.49. The number of fused-ring (bicyclic) bond motifs is 1. The summed E-state index contributed by atoms with van der Waals surface area (Å²) in [4.78, 5) is 28.8. The molecule has 2 saturated heterocycles. The van der Waals surface area contributed by atoms with E-state index < -0.39 is 0 Å². The monoisotopic (exact) mass is 372 g/mol. The Morgan fingerprint density at radius 3 is 2.70 bits per heavy atom. The van der Waals surface area contributed by atoms with Crippen LogP contribution < -0.4 is 0 Å². The lowest BCUT2D eigenvalue weighted by Gasteiger charge is -2.38. The number of carbonyl (C=O) groups is 2. The van der Waals surface area contributed by atoms with E-state index in [1.54, 1.807) is 18.2 Å². The van der Waals surface area contributed by atoms with Crippen LogP contribution >= 0.6 is 0 Å². The molecule has 0 aliphatic carbocycles. The standard InChI is InChI=1S/C19H24N4O4/c1-12(2)9-15-11-26-19(25)23(15)14-5-7-22(8-6-14)18(24)13-3-4-16-17(10-13)21-27-20-16/h3-4,10,12,14-15H,5-9,11H2,1-2H3. The van der Waals surface area contributed by atoms with E-state index in [4.69, 9.17) is 4.74 Å². The van der Waals surface area contributed by atoms with E-state index in [9.17, 15) is 9.59 Å². The third-order valence-electron chi connectivity index (χ3n) is 5.39. The van der Waals surface area contributed by atoms with Crippen LogP contribution in [-0.2, 0) is 4.74 Å². The molecule has 2 aliphatic heterocycles. The Morgan fingerprint density at radius 1 is 1.22 bits per heavy atom. The fourth-order valence-electron chi connectivity index (χ4n) is 4.09. The minimum atomic E-state index is -0.214. The zero-order chi connectivity index (χ0) is 19.0. The molecule has 2 aliphatic rings. The molecule has 0 bridgehead atoms. The predicted molar refractivity (Wildman–Crippen MR) is 97.2 cm³/mol. The highest BCUT2D eigenvalue weighted by atomic mass is 16.6. The van der Waals surface area contributed by atoms with Crippen molar-refractivity contribution in [3.05, 3.63) is 23.8 Å². The highest BCUT2D eigenvalue weighted by Gasteiger charge is 2.40. The molecule has 2 amide bonds. The Morgan fingerprint density at radius 2 is 1.96 bits per heavy atom. The molecule has 1 unspecified atom stereocenters. The van der Waals surface area contributed by atoms with Gasteiger partial charge >= 0.3 is 6.09 Å². The van der Waals surface area contributed by atoms with Crippen molar-refractivity contribution >= 4 is 23.0 Å². The fraction of sp³-hybridized carbons (Fsp3) is 0.579. The number of rotatable bonds is 4. The second-order valence-electron chi connectivity index (χ2n) is 7.76. The molecule has 3 heterocycles. The zero-order valence-electron chi connectivity index (χ0n) is 15.6. The van der Waals surface area contributed by atoms with Crippen LogP contribution in [0, 0.1) is 5.92 Å². The van der Waals surface area contributed by atoms with Crippen LogP contribution in [-0.4, -0.2) is 63.9 Å². The number of aromatic nitrogens is 2. The zero-order valence-corrected chi connectivity index (χ0v) is 15.6.